The van der Waals surface area contributed by atoms with Crippen LogP contribution in [0.1, 0.15) is 58.8 Å². The van der Waals surface area contributed by atoms with E-state index < -0.39 is 0 Å². The highest BCUT2D eigenvalue weighted by molar-refractivity contribution is 4.78. The van der Waals surface area contributed by atoms with Crippen LogP contribution in [0.5, 0.6) is 0 Å². The molecule has 1 fully saturated rings. The van der Waals surface area contributed by atoms with Crippen LogP contribution in [0.25, 0.3) is 0 Å². The average molecular weight is 199 g/mol. The number of rotatable bonds is 5. The van der Waals surface area contributed by atoms with Crippen molar-refractivity contribution in [2.75, 3.05) is 0 Å². The molecule has 0 radical (unpaired) electrons. The van der Waals surface area contributed by atoms with Gasteiger partial charge >= 0.3 is 0 Å². The third-order valence-electron chi connectivity index (χ3n) is 3.21. The van der Waals surface area contributed by atoms with Crippen molar-refractivity contribution in [3.8, 4) is 0 Å². The minimum Gasteiger partial charge on any atom is -0.393 e. The lowest BCUT2D eigenvalue weighted by atomic mass is 9.92. The summed E-state index contributed by atoms with van der Waals surface area (Å²) in [6.45, 7) is 4.52. The van der Waals surface area contributed by atoms with E-state index in [-0.39, 0.29) is 6.10 Å². The Bertz CT molecular complexity index is 141. The van der Waals surface area contributed by atoms with Crippen molar-refractivity contribution in [1.82, 2.24) is 5.32 Å². The molecular weight excluding hydrogens is 174 g/mol. The molecule has 0 saturated heterocycles. The van der Waals surface area contributed by atoms with Crippen LogP contribution >= 0.6 is 0 Å². The van der Waals surface area contributed by atoms with Gasteiger partial charge in [-0.25, -0.2) is 0 Å². The number of nitrogens with one attached hydrogen (secondary N) is 1. The molecule has 0 heterocycles. The third kappa shape index (κ3) is 4.43. The second kappa shape index (κ2) is 6.41. The topological polar surface area (TPSA) is 32.3 Å². The van der Waals surface area contributed by atoms with Crippen LogP contribution in [-0.4, -0.2) is 23.3 Å². The number of hydrogen-bond donors (Lipinski definition) is 2. The summed E-state index contributed by atoms with van der Waals surface area (Å²) in [6, 6.07) is 1.31. The molecule has 84 valence electrons. The largest absolute Gasteiger partial charge is 0.393 e. The van der Waals surface area contributed by atoms with E-state index in [0.29, 0.717) is 12.1 Å². The van der Waals surface area contributed by atoms with Gasteiger partial charge in [0.2, 0.25) is 0 Å². The number of hydrogen-bond acceptors (Lipinski definition) is 2. The zero-order valence-electron chi connectivity index (χ0n) is 9.63. The highest BCUT2D eigenvalue weighted by Gasteiger charge is 2.19. The highest BCUT2D eigenvalue weighted by Crippen LogP contribution is 2.19. The maximum Gasteiger partial charge on any atom is 0.0541 e. The summed E-state index contributed by atoms with van der Waals surface area (Å²) in [5, 5.41) is 13.0. The van der Waals surface area contributed by atoms with E-state index in [1.165, 1.54) is 19.3 Å². The summed E-state index contributed by atoms with van der Waals surface area (Å²) in [5.74, 6) is 0. The zero-order valence-corrected chi connectivity index (χ0v) is 9.63. The Labute approximate surface area is 88.1 Å². The normalized spacial score (nSPS) is 30.2. The van der Waals surface area contributed by atoms with E-state index in [0.717, 1.165) is 25.7 Å². The smallest absolute Gasteiger partial charge is 0.0541 e. The van der Waals surface area contributed by atoms with Crippen molar-refractivity contribution in [2.24, 2.45) is 0 Å². The molecule has 1 aliphatic rings. The summed E-state index contributed by atoms with van der Waals surface area (Å²) in [6.07, 6.45) is 8.14. The Morgan fingerprint density at radius 3 is 2.50 bits per heavy atom. The average Bonchev–Trinajstić information content (AvgIpc) is 2.18. The minimum absolute atomic E-state index is 0.0287. The predicted octanol–water partition coefficient (Wildman–Crippen LogP) is 2.46. The first kappa shape index (κ1) is 12.0. The Hall–Kier alpha value is -0.0800. The molecule has 1 saturated carbocycles. The molecule has 1 unspecified atom stereocenters. The van der Waals surface area contributed by atoms with Crippen LogP contribution in [-0.2, 0) is 0 Å². The third-order valence-corrected chi connectivity index (χ3v) is 3.21. The summed E-state index contributed by atoms with van der Waals surface area (Å²) in [7, 11) is 0. The summed E-state index contributed by atoms with van der Waals surface area (Å²) < 4.78 is 0. The monoisotopic (exact) mass is 199 g/mol. The minimum atomic E-state index is -0.0287. The van der Waals surface area contributed by atoms with Gasteiger partial charge in [0.25, 0.3) is 0 Å². The van der Waals surface area contributed by atoms with Crippen LogP contribution in [0.3, 0.4) is 0 Å². The second-order valence-electron chi connectivity index (χ2n) is 4.72. The first-order valence-corrected chi connectivity index (χ1v) is 6.16. The van der Waals surface area contributed by atoms with E-state index in [2.05, 4.69) is 19.2 Å². The number of aliphatic hydroxyl groups excluding tert-OH is 1. The van der Waals surface area contributed by atoms with E-state index in [1.807, 2.05) is 0 Å². The fourth-order valence-corrected chi connectivity index (χ4v) is 2.24. The van der Waals surface area contributed by atoms with Crippen LogP contribution < -0.4 is 5.32 Å². The van der Waals surface area contributed by atoms with E-state index in [4.69, 9.17) is 0 Å². The lowest BCUT2D eigenvalue weighted by Crippen LogP contribution is -2.39. The highest BCUT2D eigenvalue weighted by atomic mass is 16.3. The molecule has 14 heavy (non-hydrogen) atoms. The Balaban J connectivity index is 2.10. The molecule has 0 aromatic rings. The molecule has 1 aliphatic carbocycles. The van der Waals surface area contributed by atoms with Crippen LogP contribution in [0.2, 0.25) is 0 Å². The summed E-state index contributed by atoms with van der Waals surface area (Å²) in [4.78, 5) is 0. The maximum atomic E-state index is 9.37. The van der Waals surface area contributed by atoms with Gasteiger partial charge in [-0.15, -0.1) is 0 Å². The SMILES string of the molecule is CCCCC(C)NC1CCC(O)CC1. The second-order valence-corrected chi connectivity index (χ2v) is 4.72. The van der Waals surface area contributed by atoms with Gasteiger partial charge in [0, 0.05) is 12.1 Å². The van der Waals surface area contributed by atoms with Crippen LogP contribution in [0.15, 0.2) is 0 Å². The summed E-state index contributed by atoms with van der Waals surface area (Å²) in [5.41, 5.74) is 0. The van der Waals surface area contributed by atoms with Crippen molar-refractivity contribution in [3.05, 3.63) is 0 Å². The Kier molecular flexibility index (Phi) is 5.49. The molecule has 1 rings (SSSR count). The van der Waals surface area contributed by atoms with Crippen LogP contribution in [0.4, 0.5) is 0 Å². The molecule has 0 aromatic carbocycles. The van der Waals surface area contributed by atoms with Gasteiger partial charge in [-0.05, 0) is 39.0 Å². The molecule has 1 atom stereocenters. The first-order valence-electron chi connectivity index (χ1n) is 6.16. The molecule has 2 N–H and O–H groups in total. The molecule has 0 aliphatic heterocycles. The fourth-order valence-electron chi connectivity index (χ4n) is 2.24. The molecule has 2 heteroatoms. The molecule has 2 nitrogen and oxygen atoms in total. The van der Waals surface area contributed by atoms with Gasteiger partial charge in [-0.1, -0.05) is 19.8 Å². The quantitative estimate of drug-likeness (QED) is 0.713. The van der Waals surface area contributed by atoms with E-state index >= 15 is 0 Å². The van der Waals surface area contributed by atoms with Gasteiger partial charge in [0.05, 0.1) is 6.10 Å². The zero-order chi connectivity index (χ0) is 10.4. The lowest BCUT2D eigenvalue weighted by Gasteiger charge is -2.29. The number of unbranched alkanes of at least 4 members (excludes halogenated alkanes) is 1. The van der Waals surface area contributed by atoms with Crippen molar-refractivity contribution < 1.29 is 5.11 Å². The predicted molar refractivity (Wildman–Crippen MR) is 60.4 cm³/mol. The summed E-state index contributed by atoms with van der Waals surface area (Å²) >= 11 is 0. The van der Waals surface area contributed by atoms with Gasteiger partial charge < -0.3 is 10.4 Å². The standard InChI is InChI=1S/C12H25NO/c1-3-4-5-10(2)13-11-6-8-12(14)9-7-11/h10-14H,3-9H2,1-2H3. The fraction of sp³-hybridized carbons (Fsp3) is 1.00. The van der Waals surface area contributed by atoms with Gasteiger partial charge in [-0.2, -0.15) is 0 Å². The first-order chi connectivity index (χ1) is 6.72. The van der Waals surface area contributed by atoms with Crippen molar-refractivity contribution in [1.29, 1.82) is 0 Å². The Morgan fingerprint density at radius 2 is 1.93 bits per heavy atom. The molecule has 0 aromatic heterocycles. The molecular formula is C12H25NO. The van der Waals surface area contributed by atoms with Gasteiger partial charge in [0.15, 0.2) is 0 Å². The Morgan fingerprint density at radius 1 is 1.29 bits per heavy atom. The van der Waals surface area contributed by atoms with Gasteiger partial charge in [-0.3, -0.25) is 0 Å². The molecule has 0 bridgehead atoms. The molecule has 0 amide bonds. The van der Waals surface area contributed by atoms with Crippen molar-refractivity contribution in [3.63, 3.8) is 0 Å². The van der Waals surface area contributed by atoms with Crippen LogP contribution in [0, 0.1) is 0 Å². The van der Waals surface area contributed by atoms with Crippen molar-refractivity contribution >= 4 is 0 Å². The lowest BCUT2D eigenvalue weighted by molar-refractivity contribution is 0.114. The van der Waals surface area contributed by atoms with Gasteiger partial charge in [0.1, 0.15) is 0 Å². The van der Waals surface area contributed by atoms with Crippen molar-refractivity contribution in [2.45, 2.75) is 77.0 Å². The number of aliphatic hydroxyl groups is 1. The maximum absolute atomic E-state index is 9.37. The molecule has 0 spiro atoms. The van der Waals surface area contributed by atoms with E-state index in [1.54, 1.807) is 0 Å². The van der Waals surface area contributed by atoms with E-state index in [9.17, 15) is 5.11 Å².